The number of benzene rings is 2. The molecule has 8 heteroatoms. The Kier molecular flexibility index (Phi) is 5.99. The van der Waals surface area contributed by atoms with Gasteiger partial charge in [-0.2, -0.15) is 4.31 Å². The second-order valence-corrected chi connectivity index (χ2v) is 10.6. The van der Waals surface area contributed by atoms with E-state index < -0.39 is 10.0 Å². The third-order valence-electron chi connectivity index (χ3n) is 5.61. The third kappa shape index (κ3) is 4.31. The number of hydrogen-bond acceptors (Lipinski definition) is 3. The third-order valence-corrected chi connectivity index (χ3v) is 7.96. The van der Waals surface area contributed by atoms with E-state index in [9.17, 15) is 13.2 Å². The highest BCUT2D eigenvalue weighted by atomic mass is 79.9. The molecule has 158 valence electrons. The van der Waals surface area contributed by atoms with Gasteiger partial charge < -0.3 is 9.88 Å². The van der Waals surface area contributed by atoms with Crippen molar-refractivity contribution in [2.24, 2.45) is 13.0 Å². The fraction of sp³-hybridized carbons (Fsp3) is 0.318. The summed E-state index contributed by atoms with van der Waals surface area (Å²) in [5, 5.41) is 3.84. The Balaban J connectivity index is 1.46. The molecule has 0 bridgehead atoms. The van der Waals surface area contributed by atoms with Crippen LogP contribution in [0.1, 0.15) is 18.4 Å². The van der Waals surface area contributed by atoms with Crippen LogP contribution in [-0.4, -0.2) is 36.3 Å². The summed E-state index contributed by atoms with van der Waals surface area (Å²) in [5.74, 6) is -0.450. The van der Waals surface area contributed by atoms with Crippen molar-refractivity contribution in [2.45, 2.75) is 24.3 Å². The van der Waals surface area contributed by atoms with Crippen LogP contribution in [0.15, 0.2) is 64.1 Å². The number of sulfonamides is 1. The van der Waals surface area contributed by atoms with E-state index in [1.807, 2.05) is 54.2 Å². The maximum atomic E-state index is 13.2. The molecule has 30 heavy (non-hydrogen) atoms. The minimum Gasteiger partial charge on any atom is -0.352 e. The van der Waals surface area contributed by atoms with Crippen LogP contribution < -0.4 is 5.32 Å². The fourth-order valence-electron chi connectivity index (χ4n) is 3.92. The Labute approximate surface area is 185 Å². The molecule has 6 nitrogen and oxygen atoms in total. The largest absolute Gasteiger partial charge is 0.352 e. The number of nitrogens with zero attached hydrogens (tertiary/aromatic N) is 2. The van der Waals surface area contributed by atoms with E-state index in [0.29, 0.717) is 25.9 Å². The number of aromatic nitrogens is 1. The zero-order valence-electron chi connectivity index (χ0n) is 16.7. The number of amides is 1. The lowest BCUT2D eigenvalue weighted by Gasteiger charge is -2.31. The first-order valence-corrected chi connectivity index (χ1v) is 12.2. The van der Waals surface area contributed by atoms with E-state index in [1.165, 1.54) is 4.31 Å². The predicted octanol–water partition coefficient (Wildman–Crippen LogP) is 3.66. The summed E-state index contributed by atoms with van der Waals surface area (Å²) in [6, 6.07) is 14.8. The highest BCUT2D eigenvalue weighted by Gasteiger charge is 2.33. The van der Waals surface area contributed by atoms with Crippen molar-refractivity contribution in [2.75, 3.05) is 13.1 Å². The van der Waals surface area contributed by atoms with Gasteiger partial charge in [-0.1, -0.05) is 28.1 Å². The zero-order chi connectivity index (χ0) is 21.3. The quantitative estimate of drug-likeness (QED) is 0.594. The van der Waals surface area contributed by atoms with E-state index in [2.05, 4.69) is 21.2 Å². The van der Waals surface area contributed by atoms with E-state index >= 15 is 0 Å². The van der Waals surface area contributed by atoms with Crippen LogP contribution in [0.3, 0.4) is 0 Å². The van der Waals surface area contributed by atoms with Crippen molar-refractivity contribution in [1.29, 1.82) is 0 Å². The molecule has 3 aromatic rings. The van der Waals surface area contributed by atoms with Crippen LogP contribution in [0.25, 0.3) is 10.9 Å². The van der Waals surface area contributed by atoms with Gasteiger partial charge in [0.15, 0.2) is 0 Å². The molecular formula is C22H24BrN3O3S. The second kappa shape index (κ2) is 8.53. The van der Waals surface area contributed by atoms with Crippen molar-refractivity contribution >= 4 is 42.8 Å². The molecule has 1 amide bonds. The Bertz CT molecular complexity index is 1190. The van der Waals surface area contributed by atoms with Gasteiger partial charge in [0.05, 0.1) is 10.8 Å². The average Bonchev–Trinajstić information content (AvgIpc) is 3.12. The normalized spacial score (nSPS) is 17.9. The van der Waals surface area contributed by atoms with Crippen LogP contribution in [0, 0.1) is 5.92 Å². The van der Waals surface area contributed by atoms with Gasteiger partial charge in [0.25, 0.3) is 0 Å². The molecule has 0 radical (unpaired) electrons. The number of halogens is 1. The van der Waals surface area contributed by atoms with Gasteiger partial charge in [-0.15, -0.1) is 0 Å². The molecular weight excluding hydrogens is 466 g/mol. The number of hydrogen-bond donors (Lipinski definition) is 1. The highest BCUT2D eigenvalue weighted by Crippen LogP contribution is 2.26. The van der Waals surface area contributed by atoms with Gasteiger partial charge in [-0.25, -0.2) is 8.42 Å². The summed E-state index contributed by atoms with van der Waals surface area (Å²) in [6.45, 7) is 1.07. The van der Waals surface area contributed by atoms with Gasteiger partial charge in [-0.05, 0) is 54.8 Å². The van der Waals surface area contributed by atoms with Crippen LogP contribution >= 0.6 is 15.9 Å². The molecule has 0 saturated carbocycles. The predicted molar refractivity (Wildman–Crippen MR) is 120 cm³/mol. The number of fused-ring (bicyclic) bond motifs is 1. The number of carbonyl (C=O) groups is 1. The van der Waals surface area contributed by atoms with Crippen molar-refractivity contribution in [1.82, 2.24) is 14.2 Å². The molecule has 0 spiro atoms. The number of piperidine rings is 1. The average molecular weight is 490 g/mol. The Morgan fingerprint density at radius 3 is 2.83 bits per heavy atom. The molecule has 1 atom stereocenters. The molecule has 2 aromatic carbocycles. The summed E-state index contributed by atoms with van der Waals surface area (Å²) in [5.41, 5.74) is 1.98. The lowest BCUT2D eigenvalue weighted by atomic mass is 9.99. The summed E-state index contributed by atoms with van der Waals surface area (Å²) >= 11 is 3.43. The van der Waals surface area contributed by atoms with Gasteiger partial charge in [0.2, 0.25) is 15.9 Å². The topological polar surface area (TPSA) is 71.4 Å². The Morgan fingerprint density at radius 1 is 1.20 bits per heavy atom. The van der Waals surface area contributed by atoms with E-state index in [0.717, 1.165) is 20.9 Å². The van der Waals surface area contributed by atoms with Crippen molar-refractivity contribution in [3.8, 4) is 0 Å². The monoisotopic (exact) mass is 489 g/mol. The number of nitrogens with one attached hydrogen (secondary N) is 1. The molecule has 1 aliphatic rings. The second-order valence-electron chi connectivity index (χ2n) is 7.70. The molecule has 1 N–H and O–H groups in total. The SMILES string of the molecule is Cn1ccc2cc(S(=O)(=O)N3CCC[C@H](C(=O)NCc4cccc(Br)c4)C3)ccc21. The Morgan fingerprint density at radius 2 is 2.03 bits per heavy atom. The number of aryl methyl sites for hydroxylation is 1. The first-order chi connectivity index (χ1) is 14.3. The first-order valence-electron chi connectivity index (χ1n) is 9.92. The molecule has 1 fully saturated rings. The Hall–Kier alpha value is -2.16. The van der Waals surface area contributed by atoms with Crippen LogP contribution in [0.2, 0.25) is 0 Å². The molecule has 0 aliphatic carbocycles. The van der Waals surface area contributed by atoms with E-state index in [4.69, 9.17) is 0 Å². The molecule has 1 aromatic heterocycles. The molecule has 0 unspecified atom stereocenters. The smallest absolute Gasteiger partial charge is 0.243 e. The summed E-state index contributed by atoms with van der Waals surface area (Å²) in [4.78, 5) is 13.0. The maximum Gasteiger partial charge on any atom is 0.243 e. The van der Waals surface area contributed by atoms with Crippen LogP contribution in [0.4, 0.5) is 0 Å². The van der Waals surface area contributed by atoms with Crippen molar-refractivity contribution in [3.05, 3.63) is 64.8 Å². The first kappa shape index (κ1) is 21.1. The van der Waals surface area contributed by atoms with Gasteiger partial charge in [0, 0.05) is 48.3 Å². The van der Waals surface area contributed by atoms with E-state index in [1.54, 1.807) is 12.1 Å². The number of carbonyl (C=O) groups excluding carboxylic acids is 1. The van der Waals surface area contributed by atoms with E-state index in [-0.39, 0.29) is 23.3 Å². The minimum atomic E-state index is -3.65. The highest BCUT2D eigenvalue weighted by molar-refractivity contribution is 9.10. The van der Waals surface area contributed by atoms with Crippen molar-refractivity contribution < 1.29 is 13.2 Å². The van der Waals surface area contributed by atoms with Crippen LogP contribution in [0.5, 0.6) is 0 Å². The maximum absolute atomic E-state index is 13.2. The number of rotatable bonds is 5. The standard InChI is InChI=1S/C22H24BrN3O3S/c1-25-11-9-17-13-20(7-8-21(17)25)30(28,29)26-10-3-5-18(15-26)22(27)24-14-16-4-2-6-19(23)12-16/h2,4,6-9,11-13,18H,3,5,10,14-15H2,1H3,(H,24,27)/t18-/m0/s1. The fourth-order valence-corrected chi connectivity index (χ4v) is 5.93. The molecule has 1 aliphatic heterocycles. The lowest BCUT2D eigenvalue weighted by Crippen LogP contribution is -2.45. The van der Waals surface area contributed by atoms with Crippen LogP contribution in [-0.2, 0) is 28.4 Å². The molecule has 1 saturated heterocycles. The zero-order valence-corrected chi connectivity index (χ0v) is 19.1. The van der Waals surface area contributed by atoms with Crippen molar-refractivity contribution in [3.63, 3.8) is 0 Å². The minimum absolute atomic E-state index is 0.103. The summed E-state index contributed by atoms with van der Waals surface area (Å²) < 4.78 is 30.8. The molecule has 4 rings (SSSR count). The van der Waals surface area contributed by atoms with Gasteiger partial charge >= 0.3 is 0 Å². The van der Waals surface area contributed by atoms with Gasteiger partial charge in [0.1, 0.15) is 0 Å². The molecule has 2 heterocycles. The lowest BCUT2D eigenvalue weighted by molar-refractivity contribution is -0.126. The summed E-state index contributed by atoms with van der Waals surface area (Å²) in [6.07, 6.45) is 3.27. The summed E-state index contributed by atoms with van der Waals surface area (Å²) in [7, 11) is -1.72. The van der Waals surface area contributed by atoms with Gasteiger partial charge in [-0.3, -0.25) is 4.79 Å².